The molecule has 1 unspecified atom stereocenters. The highest BCUT2D eigenvalue weighted by atomic mass is 32.1. The van der Waals surface area contributed by atoms with Gasteiger partial charge in [-0.15, -0.1) is 11.3 Å². The lowest BCUT2D eigenvalue weighted by atomic mass is 10.1. The van der Waals surface area contributed by atoms with Crippen molar-refractivity contribution in [3.63, 3.8) is 0 Å². The first-order valence-electron chi connectivity index (χ1n) is 9.32. The Morgan fingerprint density at radius 2 is 2.03 bits per heavy atom. The second kappa shape index (κ2) is 8.39. The molecule has 4 N–H and O–H groups in total. The summed E-state index contributed by atoms with van der Waals surface area (Å²) in [6.45, 7) is 1.81. The van der Waals surface area contributed by atoms with E-state index in [4.69, 9.17) is 0 Å². The summed E-state index contributed by atoms with van der Waals surface area (Å²) in [5.74, 6) is 0.967. The number of aromatic nitrogens is 4. The van der Waals surface area contributed by atoms with Crippen molar-refractivity contribution in [2.45, 2.75) is 38.3 Å². The van der Waals surface area contributed by atoms with Crippen LogP contribution in [0.1, 0.15) is 41.8 Å². The number of aromatic amines is 1. The highest BCUT2D eigenvalue weighted by molar-refractivity contribution is 7.13. The molecule has 1 saturated carbocycles. The molecule has 3 aromatic rings. The maximum Gasteiger partial charge on any atom is 0.321 e. The molecular weight excluding hydrogens is 390 g/mol. The Bertz CT molecular complexity index is 997. The van der Waals surface area contributed by atoms with E-state index in [1.54, 1.807) is 5.38 Å². The van der Waals surface area contributed by atoms with Gasteiger partial charge in [0.25, 0.3) is 0 Å². The van der Waals surface area contributed by atoms with E-state index in [9.17, 15) is 9.59 Å². The van der Waals surface area contributed by atoms with Crippen molar-refractivity contribution in [3.05, 3.63) is 58.6 Å². The van der Waals surface area contributed by atoms with E-state index in [2.05, 4.69) is 36.1 Å². The number of thiazole rings is 1. The zero-order valence-electron chi connectivity index (χ0n) is 15.8. The zero-order valence-corrected chi connectivity index (χ0v) is 16.6. The average Bonchev–Trinajstić information content (AvgIpc) is 3.23. The molecule has 10 heteroatoms. The number of hydrogen-bond acceptors (Lipinski definition) is 6. The topological polar surface area (TPSA) is 125 Å². The molecule has 0 saturated heterocycles. The van der Waals surface area contributed by atoms with E-state index in [1.807, 2.05) is 37.3 Å². The second-order valence-corrected chi connectivity index (χ2v) is 7.74. The molecule has 0 spiro atoms. The molecular formula is C19H21N7O2S. The van der Waals surface area contributed by atoms with Crippen LogP contribution < -0.4 is 16.0 Å². The van der Waals surface area contributed by atoms with Gasteiger partial charge in [-0.2, -0.15) is 5.10 Å². The molecule has 0 radical (unpaired) electrons. The van der Waals surface area contributed by atoms with Crippen LogP contribution in [-0.4, -0.2) is 38.1 Å². The number of nitrogens with zero attached hydrogens (tertiary/aromatic N) is 3. The van der Waals surface area contributed by atoms with Gasteiger partial charge in [-0.05, 0) is 25.3 Å². The number of anilines is 1. The minimum atomic E-state index is -0.464. The molecule has 1 aromatic carbocycles. The normalized spacial score (nSPS) is 14.2. The first-order chi connectivity index (χ1) is 14.1. The Labute approximate surface area is 171 Å². The molecule has 4 rings (SSSR count). The summed E-state index contributed by atoms with van der Waals surface area (Å²) in [6.07, 6.45) is 2.13. The van der Waals surface area contributed by atoms with Crippen molar-refractivity contribution in [3.8, 4) is 0 Å². The van der Waals surface area contributed by atoms with Gasteiger partial charge in [0, 0.05) is 11.4 Å². The van der Waals surface area contributed by atoms with E-state index in [0.29, 0.717) is 22.5 Å². The fraction of sp³-hybridized carbons (Fsp3) is 0.316. The monoisotopic (exact) mass is 411 g/mol. The molecule has 150 valence electrons. The third kappa shape index (κ3) is 5.17. The summed E-state index contributed by atoms with van der Waals surface area (Å²) in [5, 5.41) is 17.8. The van der Waals surface area contributed by atoms with Crippen molar-refractivity contribution in [1.82, 2.24) is 30.8 Å². The molecule has 29 heavy (non-hydrogen) atoms. The molecule has 3 amide bonds. The van der Waals surface area contributed by atoms with Crippen molar-refractivity contribution < 1.29 is 9.59 Å². The largest absolute Gasteiger partial charge is 0.342 e. The Balaban J connectivity index is 1.40. The van der Waals surface area contributed by atoms with Gasteiger partial charge in [-0.3, -0.25) is 15.2 Å². The number of rotatable bonds is 7. The van der Waals surface area contributed by atoms with Crippen LogP contribution in [0.5, 0.6) is 0 Å². The summed E-state index contributed by atoms with van der Waals surface area (Å²) < 4.78 is 0. The van der Waals surface area contributed by atoms with Crippen molar-refractivity contribution in [2.75, 3.05) is 5.32 Å². The number of carbonyl (C=O) groups excluding carboxylic acids is 2. The lowest BCUT2D eigenvalue weighted by Crippen LogP contribution is -2.31. The van der Waals surface area contributed by atoms with Crippen LogP contribution in [0.2, 0.25) is 0 Å². The van der Waals surface area contributed by atoms with Gasteiger partial charge < -0.3 is 10.6 Å². The molecule has 1 aliphatic carbocycles. The van der Waals surface area contributed by atoms with Gasteiger partial charge in [0.1, 0.15) is 11.9 Å². The van der Waals surface area contributed by atoms with Gasteiger partial charge in [-0.1, -0.05) is 30.3 Å². The second-order valence-electron chi connectivity index (χ2n) is 6.88. The molecule has 0 aliphatic heterocycles. The highest BCUT2D eigenvalue weighted by Crippen LogP contribution is 2.21. The van der Waals surface area contributed by atoms with Crippen LogP contribution >= 0.6 is 11.3 Å². The Kier molecular flexibility index (Phi) is 5.52. The smallest absolute Gasteiger partial charge is 0.321 e. The fourth-order valence-corrected chi connectivity index (χ4v) is 3.51. The van der Waals surface area contributed by atoms with E-state index in [1.165, 1.54) is 11.3 Å². The van der Waals surface area contributed by atoms with Crippen LogP contribution in [0.4, 0.5) is 9.93 Å². The molecule has 1 atom stereocenters. The average molecular weight is 411 g/mol. The van der Waals surface area contributed by atoms with Gasteiger partial charge in [0.05, 0.1) is 12.1 Å². The molecule has 2 heterocycles. The quantitative estimate of drug-likeness (QED) is 0.475. The summed E-state index contributed by atoms with van der Waals surface area (Å²) in [4.78, 5) is 33.1. The van der Waals surface area contributed by atoms with E-state index >= 15 is 0 Å². The number of benzene rings is 1. The highest BCUT2D eigenvalue weighted by Gasteiger charge is 2.24. The first kappa shape index (κ1) is 19.1. The molecule has 1 aliphatic rings. The number of amides is 3. The lowest BCUT2D eigenvalue weighted by Gasteiger charge is -2.16. The predicted octanol–water partition coefficient (Wildman–Crippen LogP) is 2.30. The first-order valence-corrected chi connectivity index (χ1v) is 10.2. The van der Waals surface area contributed by atoms with Crippen LogP contribution in [0.25, 0.3) is 0 Å². The Hall–Kier alpha value is -3.27. The van der Waals surface area contributed by atoms with Crippen LogP contribution in [0.15, 0.2) is 35.7 Å². The minimum Gasteiger partial charge on any atom is -0.342 e. The van der Waals surface area contributed by atoms with Crippen molar-refractivity contribution >= 4 is 28.4 Å². The summed E-state index contributed by atoms with van der Waals surface area (Å²) in [6, 6.07) is 9.10. The van der Waals surface area contributed by atoms with E-state index in [0.717, 1.165) is 18.4 Å². The molecule has 2 aromatic heterocycles. The van der Waals surface area contributed by atoms with Crippen LogP contribution in [0, 0.1) is 6.92 Å². The van der Waals surface area contributed by atoms with Crippen LogP contribution in [0.3, 0.4) is 0 Å². The number of carbonyl (C=O) groups is 2. The maximum atomic E-state index is 12.6. The van der Waals surface area contributed by atoms with E-state index in [-0.39, 0.29) is 24.4 Å². The minimum absolute atomic E-state index is 0.0924. The Morgan fingerprint density at radius 1 is 1.24 bits per heavy atom. The van der Waals surface area contributed by atoms with Gasteiger partial charge >= 0.3 is 6.03 Å². The fourth-order valence-electron chi connectivity index (χ4n) is 2.80. The van der Waals surface area contributed by atoms with Crippen LogP contribution in [-0.2, 0) is 11.2 Å². The maximum absolute atomic E-state index is 12.6. The lowest BCUT2D eigenvalue weighted by molar-refractivity contribution is -0.121. The van der Waals surface area contributed by atoms with E-state index < -0.39 is 6.04 Å². The third-order valence-corrected chi connectivity index (χ3v) is 5.14. The summed E-state index contributed by atoms with van der Waals surface area (Å²) in [7, 11) is 0. The summed E-state index contributed by atoms with van der Waals surface area (Å²) in [5.41, 5.74) is 1.48. The van der Waals surface area contributed by atoms with Crippen molar-refractivity contribution in [1.29, 1.82) is 0 Å². The zero-order chi connectivity index (χ0) is 20.2. The number of hydrogen-bond donors (Lipinski definition) is 4. The predicted molar refractivity (Wildman–Crippen MR) is 109 cm³/mol. The molecule has 9 nitrogen and oxygen atoms in total. The summed E-state index contributed by atoms with van der Waals surface area (Å²) >= 11 is 1.29. The number of urea groups is 1. The SMILES string of the molecule is Cc1nc(C(NC(=O)Cc2csc(NC(=O)NC3CC3)n2)c2ccccc2)n[nH]1. The van der Waals surface area contributed by atoms with Gasteiger partial charge in [0.15, 0.2) is 11.0 Å². The Morgan fingerprint density at radius 3 is 2.72 bits per heavy atom. The number of H-pyrrole nitrogens is 1. The third-order valence-electron chi connectivity index (χ3n) is 4.34. The van der Waals surface area contributed by atoms with Gasteiger partial charge in [-0.25, -0.2) is 14.8 Å². The standard InChI is InChI=1S/C19H21N7O2S/c1-11-20-17(26-25-11)16(12-5-3-2-4-6-12)23-15(27)9-14-10-29-19(22-14)24-18(28)21-13-7-8-13/h2-6,10,13,16H,7-9H2,1H3,(H,23,27)(H,20,25,26)(H2,21,22,24,28). The molecule has 1 fully saturated rings. The van der Waals surface area contributed by atoms with Crippen molar-refractivity contribution in [2.24, 2.45) is 0 Å². The number of aryl methyl sites for hydroxylation is 1. The van der Waals surface area contributed by atoms with Gasteiger partial charge in [0.2, 0.25) is 5.91 Å². The number of nitrogens with one attached hydrogen (secondary N) is 4. The molecule has 0 bridgehead atoms.